The number of ketones is 1. The fourth-order valence-corrected chi connectivity index (χ4v) is 0.877. The van der Waals surface area contributed by atoms with Crippen LogP contribution in [0.1, 0.15) is 20.8 Å². The number of hydrogen-bond acceptors (Lipinski definition) is 2. The van der Waals surface area contributed by atoms with Crippen molar-refractivity contribution in [2.75, 3.05) is 0 Å². The summed E-state index contributed by atoms with van der Waals surface area (Å²) in [5.41, 5.74) is 0.656. The third-order valence-electron chi connectivity index (χ3n) is 2.01. The van der Waals surface area contributed by atoms with Crippen LogP contribution in [0.25, 0.3) is 0 Å². The maximum absolute atomic E-state index is 11.1. The van der Waals surface area contributed by atoms with Crippen LogP contribution in [-0.2, 0) is 4.79 Å². The molecule has 2 heteroatoms. The monoisotopic (exact) mass is 151 g/mol. The molecule has 1 N–H and O–H groups in total. The molecule has 1 rings (SSSR count). The van der Waals surface area contributed by atoms with Crippen LogP contribution in [0.5, 0.6) is 0 Å². The zero-order valence-corrected chi connectivity index (χ0v) is 7.14. The van der Waals surface area contributed by atoms with Crippen molar-refractivity contribution in [3.8, 4) is 0 Å². The topological polar surface area (TPSA) is 29.1 Å². The number of rotatable bonds is 1. The Kier molecular flexibility index (Phi) is 1.85. The smallest absolute Gasteiger partial charge is 0.158 e. The van der Waals surface area contributed by atoms with E-state index in [-0.39, 0.29) is 5.78 Å². The van der Waals surface area contributed by atoms with E-state index < -0.39 is 5.54 Å². The maximum Gasteiger partial charge on any atom is 0.158 e. The summed E-state index contributed by atoms with van der Waals surface area (Å²) in [5, 5.41) is 3.05. The van der Waals surface area contributed by atoms with Crippen molar-refractivity contribution in [3.05, 3.63) is 23.9 Å². The molecule has 0 fully saturated rings. The van der Waals surface area contributed by atoms with Gasteiger partial charge in [0.05, 0.1) is 0 Å². The molecule has 0 saturated carbocycles. The van der Waals surface area contributed by atoms with E-state index in [0.717, 1.165) is 5.57 Å². The number of allylic oxidation sites excluding steroid dienone is 2. The minimum absolute atomic E-state index is 0.137. The summed E-state index contributed by atoms with van der Waals surface area (Å²) in [7, 11) is 0. The fraction of sp³-hybridized carbons (Fsp3) is 0.444. The largest absolute Gasteiger partial charge is 0.376 e. The Morgan fingerprint density at radius 3 is 2.64 bits per heavy atom. The highest BCUT2D eigenvalue weighted by Crippen LogP contribution is 2.13. The van der Waals surface area contributed by atoms with Gasteiger partial charge in [0.15, 0.2) is 5.78 Å². The summed E-state index contributed by atoms with van der Waals surface area (Å²) in [6.07, 6.45) is 5.71. The van der Waals surface area contributed by atoms with E-state index >= 15 is 0 Å². The molecule has 1 atom stereocenters. The Bertz CT molecular complexity index is 240. The number of hydrogen-bond donors (Lipinski definition) is 1. The molecule has 11 heavy (non-hydrogen) atoms. The van der Waals surface area contributed by atoms with Crippen LogP contribution in [0.3, 0.4) is 0 Å². The second-order valence-corrected chi connectivity index (χ2v) is 3.12. The van der Waals surface area contributed by atoms with E-state index in [0.29, 0.717) is 0 Å². The molecule has 60 valence electrons. The molecule has 0 aromatic rings. The molecular weight excluding hydrogens is 138 g/mol. The Balaban J connectivity index is 2.82. The number of carbonyl (C=O) groups is 1. The number of dihydropyridines is 1. The first-order chi connectivity index (χ1) is 5.04. The van der Waals surface area contributed by atoms with Crippen LogP contribution in [0.2, 0.25) is 0 Å². The molecule has 2 nitrogen and oxygen atoms in total. The van der Waals surface area contributed by atoms with Gasteiger partial charge < -0.3 is 5.32 Å². The molecule has 1 aliphatic rings. The van der Waals surface area contributed by atoms with E-state index in [4.69, 9.17) is 0 Å². The van der Waals surface area contributed by atoms with E-state index in [1.165, 1.54) is 0 Å². The summed E-state index contributed by atoms with van der Waals surface area (Å²) in [4.78, 5) is 11.1. The lowest BCUT2D eigenvalue weighted by molar-refractivity contribution is -0.120. The predicted octanol–water partition coefficient (Wildman–Crippen LogP) is 1.40. The fourth-order valence-electron chi connectivity index (χ4n) is 0.877. The lowest BCUT2D eigenvalue weighted by atomic mass is 9.94. The summed E-state index contributed by atoms with van der Waals surface area (Å²) in [6, 6.07) is 0. The van der Waals surface area contributed by atoms with Crippen molar-refractivity contribution in [2.24, 2.45) is 0 Å². The van der Waals surface area contributed by atoms with Gasteiger partial charge in [0, 0.05) is 6.20 Å². The van der Waals surface area contributed by atoms with Crippen molar-refractivity contribution in [1.29, 1.82) is 0 Å². The van der Waals surface area contributed by atoms with Gasteiger partial charge in [-0.3, -0.25) is 4.79 Å². The molecule has 0 amide bonds. The van der Waals surface area contributed by atoms with Crippen LogP contribution in [-0.4, -0.2) is 11.3 Å². The zero-order valence-electron chi connectivity index (χ0n) is 7.14. The Hall–Kier alpha value is -1.05. The SMILES string of the molecule is CC(=O)C1(C)C=CC(C)=CN1. The van der Waals surface area contributed by atoms with Crippen LogP contribution in [0, 0.1) is 0 Å². The lowest BCUT2D eigenvalue weighted by Crippen LogP contribution is -2.45. The molecule has 1 aliphatic heterocycles. The Morgan fingerprint density at radius 2 is 2.27 bits per heavy atom. The Morgan fingerprint density at radius 1 is 1.64 bits per heavy atom. The molecule has 0 spiro atoms. The number of Topliss-reactive ketones (excluding diaryl/α,β-unsaturated/α-hetero) is 1. The van der Waals surface area contributed by atoms with Crippen molar-refractivity contribution >= 4 is 5.78 Å². The maximum atomic E-state index is 11.1. The summed E-state index contributed by atoms with van der Waals surface area (Å²) >= 11 is 0. The summed E-state index contributed by atoms with van der Waals surface area (Å²) < 4.78 is 0. The highest BCUT2D eigenvalue weighted by molar-refractivity contribution is 5.88. The van der Waals surface area contributed by atoms with E-state index in [1.807, 2.05) is 32.2 Å². The average molecular weight is 151 g/mol. The first-order valence-corrected chi connectivity index (χ1v) is 3.69. The normalized spacial score (nSPS) is 29.2. The van der Waals surface area contributed by atoms with Gasteiger partial charge in [0.25, 0.3) is 0 Å². The molecule has 0 bridgehead atoms. The third kappa shape index (κ3) is 1.50. The van der Waals surface area contributed by atoms with Crippen molar-refractivity contribution in [1.82, 2.24) is 5.32 Å². The van der Waals surface area contributed by atoms with Crippen molar-refractivity contribution in [3.63, 3.8) is 0 Å². The molecule has 0 aromatic heterocycles. The second-order valence-electron chi connectivity index (χ2n) is 3.12. The van der Waals surface area contributed by atoms with Crippen molar-refractivity contribution in [2.45, 2.75) is 26.3 Å². The van der Waals surface area contributed by atoms with Crippen LogP contribution >= 0.6 is 0 Å². The van der Waals surface area contributed by atoms with Crippen LogP contribution < -0.4 is 5.32 Å². The first kappa shape index (κ1) is 8.05. The Labute approximate surface area is 67.0 Å². The van der Waals surface area contributed by atoms with Gasteiger partial charge >= 0.3 is 0 Å². The average Bonchev–Trinajstić information content (AvgIpc) is 1.95. The number of carbonyl (C=O) groups excluding carboxylic acids is 1. The van der Waals surface area contributed by atoms with Gasteiger partial charge in [-0.2, -0.15) is 0 Å². The minimum Gasteiger partial charge on any atom is -0.376 e. The summed E-state index contributed by atoms with van der Waals surface area (Å²) in [6.45, 7) is 5.45. The minimum atomic E-state index is -0.487. The first-order valence-electron chi connectivity index (χ1n) is 3.69. The van der Waals surface area contributed by atoms with Gasteiger partial charge in [-0.05, 0) is 26.3 Å². The van der Waals surface area contributed by atoms with E-state index in [1.54, 1.807) is 6.92 Å². The quantitative estimate of drug-likeness (QED) is 0.613. The van der Waals surface area contributed by atoms with Crippen LogP contribution in [0.15, 0.2) is 23.9 Å². The third-order valence-corrected chi connectivity index (χ3v) is 2.01. The standard InChI is InChI=1S/C9H13NO/c1-7-4-5-9(3,8(2)11)10-6-7/h4-6,10H,1-3H3. The van der Waals surface area contributed by atoms with Gasteiger partial charge in [-0.1, -0.05) is 12.2 Å². The van der Waals surface area contributed by atoms with Crippen molar-refractivity contribution < 1.29 is 4.79 Å². The van der Waals surface area contributed by atoms with Crippen LogP contribution in [0.4, 0.5) is 0 Å². The number of nitrogens with one attached hydrogen (secondary N) is 1. The van der Waals surface area contributed by atoms with Gasteiger partial charge in [0.1, 0.15) is 5.54 Å². The highest BCUT2D eigenvalue weighted by Gasteiger charge is 2.26. The molecule has 0 radical (unpaired) electrons. The van der Waals surface area contributed by atoms with Gasteiger partial charge in [-0.15, -0.1) is 0 Å². The predicted molar refractivity (Wildman–Crippen MR) is 45.1 cm³/mol. The van der Waals surface area contributed by atoms with Gasteiger partial charge in [0.2, 0.25) is 0 Å². The highest BCUT2D eigenvalue weighted by atomic mass is 16.1. The van der Waals surface area contributed by atoms with E-state index in [9.17, 15) is 4.79 Å². The molecule has 0 saturated heterocycles. The van der Waals surface area contributed by atoms with Gasteiger partial charge in [-0.25, -0.2) is 0 Å². The molecule has 0 aliphatic carbocycles. The lowest BCUT2D eigenvalue weighted by Gasteiger charge is -2.26. The molecule has 1 unspecified atom stereocenters. The van der Waals surface area contributed by atoms with E-state index in [2.05, 4.69) is 5.32 Å². The molecule has 0 aromatic carbocycles. The summed E-state index contributed by atoms with van der Waals surface area (Å²) in [5.74, 6) is 0.137. The molecular formula is C9H13NO. The zero-order chi connectivity index (χ0) is 8.48. The second kappa shape index (κ2) is 2.53. The molecule has 1 heterocycles.